The molecule has 15 heavy (non-hydrogen) atoms. The van der Waals surface area contributed by atoms with Gasteiger partial charge in [-0.2, -0.15) is 0 Å². The zero-order chi connectivity index (χ0) is 11.1. The van der Waals surface area contributed by atoms with Gasteiger partial charge in [-0.15, -0.1) is 0 Å². The standard InChI is InChI=1S/C11H16BrFN2/c1-2-14-3-4-15-8-9-5-10(12)7-11(13)6-9/h5-7,14-15H,2-4,8H2,1H3. The zero-order valence-corrected chi connectivity index (χ0v) is 10.4. The van der Waals surface area contributed by atoms with Crippen LogP contribution in [0.25, 0.3) is 0 Å². The molecule has 0 spiro atoms. The van der Waals surface area contributed by atoms with Crippen LogP contribution in [-0.2, 0) is 6.54 Å². The summed E-state index contributed by atoms with van der Waals surface area (Å²) >= 11 is 3.27. The van der Waals surface area contributed by atoms with Gasteiger partial charge in [0.1, 0.15) is 5.82 Å². The molecular weight excluding hydrogens is 259 g/mol. The lowest BCUT2D eigenvalue weighted by Crippen LogP contribution is -2.26. The molecule has 2 N–H and O–H groups in total. The highest BCUT2D eigenvalue weighted by molar-refractivity contribution is 9.10. The number of benzene rings is 1. The van der Waals surface area contributed by atoms with Crippen molar-refractivity contribution in [2.24, 2.45) is 0 Å². The Morgan fingerprint density at radius 1 is 1.20 bits per heavy atom. The molecule has 84 valence electrons. The van der Waals surface area contributed by atoms with Gasteiger partial charge in [0.15, 0.2) is 0 Å². The highest BCUT2D eigenvalue weighted by Gasteiger charge is 1.98. The van der Waals surface area contributed by atoms with Crippen LogP contribution in [0.2, 0.25) is 0 Å². The van der Waals surface area contributed by atoms with Crippen LogP contribution >= 0.6 is 15.9 Å². The highest BCUT2D eigenvalue weighted by atomic mass is 79.9. The molecule has 1 aromatic rings. The summed E-state index contributed by atoms with van der Waals surface area (Å²) in [5, 5.41) is 6.45. The van der Waals surface area contributed by atoms with E-state index in [1.165, 1.54) is 6.07 Å². The molecule has 0 radical (unpaired) electrons. The normalized spacial score (nSPS) is 10.6. The van der Waals surface area contributed by atoms with Crippen LogP contribution in [0, 0.1) is 5.82 Å². The van der Waals surface area contributed by atoms with Crippen LogP contribution in [0.5, 0.6) is 0 Å². The average molecular weight is 275 g/mol. The first-order valence-electron chi connectivity index (χ1n) is 5.08. The number of nitrogens with one attached hydrogen (secondary N) is 2. The minimum absolute atomic E-state index is 0.201. The van der Waals surface area contributed by atoms with E-state index >= 15 is 0 Å². The van der Waals surface area contributed by atoms with Gasteiger partial charge in [0.25, 0.3) is 0 Å². The molecule has 1 rings (SSSR count). The van der Waals surface area contributed by atoms with Crippen LogP contribution < -0.4 is 10.6 Å². The second kappa shape index (κ2) is 6.93. The van der Waals surface area contributed by atoms with Gasteiger partial charge in [0.2, 0.25) is 0 Å². The van der Waals surface area contributed by atoms with Gasteiger partial charge in [-0.1, -0.05) is 22.9 Å². The van der Waals surface area contributed by atoms with Crippen LogP contribution in [0.15, 0.2) is 22.7 Å². The SMILES string of the molecule is CCNCCNCc1cc(F)cc(Br)c1. The number of halogens is 2. The molecule has 2 nitrogen and oxygen atoms in total. The summed E-state index contributed by atoms with van der Waals surface area (Å²) in [6, 6.07) is 4.93. The van der Waals surface area contributed by atoms with E-state index < -0.39 is 0 Å². The Morgan fingerprint density at radius 3 is 2.60 bits per heavy atom. The van der Waals surface area contributed by atoms with Crippen molar-refractivity contribution in [1.29, 1.82) is 0 Å². The predicted molar refractivity (Wildman–Crippen MR) is 64.4 cm³/mol. The smallest absolute Gasteiger partial charge is 0.124 e. The third-order valence-electron chi connectivity index (χ3n) is 1.98. The van der Waals surface area contributed by atoms with Crippen LogP contribution in [-0.4, -0.2) is 19.6 Å². The van der Waals surface area contributed by atoms with Gasteiger partial charge in [-0.05, 0) is 30.3 Å². The van der Waals surface area contributed by atoms with Gasteiger partial charge >= 0.3 is 0 Å². The van der Waals surface area contributed by atoms with E-state index in [1.807, 2.05) is 6.07 Å². The molecule has 0 saturated carbocycles. The molecule has 0 unspecified atom stereocenters. The molecule has 4 heteroatoms. The Morgan fingerprint density at radius 2 is 1.93 bits per heavy atom. The largest absolute Gasteiger partial charge is 0.316 e. The maximum Gasteiger partial charge on any atom is 0.124 e. The average Bonchev–Trinajstić information content (AvgIpc) is 2.16. The Labute approximate surface area is 98.4 Å². The lowest BCUT2D eigenvalue weighted by atomic mass is 10.2. The van der Waals surface area contributed by atoms with Crippen molar-refractivity contribution in [3.8, 4) is 0 Å². The number of hydrogen-bond acceptors (Lipinski definition) is 2. The molecule has 0 aliphatic rings. The first-order chi connectivity index (χ1) is 7.22. The van der Waals surface area contributed by atoms with Gasteiger partial charge in [-0.3, -0.25) is 0 Å². The summed E-state index contributed by atoms with van der Waals surface area (Å²) in [6.07, 6.45) is 0. The summed E-state index contributed by atoms with van der Waals surface area (Å²) < 4.78 is 13.8. The second-order valence-electron chi connectivity index (χ2n) is 3.31. The molecule has 0 bridgehead atoms. The van der Waals surface area contributed by atoms with Crippen molar-refractivity contribution in [2.45, 2.75) is 13.5 Å². The molecule has 0 amide bonds. The van der Waals surface area contributed by atoms with Crippen molar-refractivity contribution in [3.05, 3.63) is 34.1 Å². The minimum Gasteiger partial charge on any atom is -0.316 e. The van der Waals surface area contributed by atoms with E-state index in [-0.39, 0.29) is 5.82 Å². The highest BCUT2D eigenvalue weighted by Crippen LogP contribution is 2.14. The van der Waals surface area contributed by atoms with E-state index in [0.717, 1.165) is 29.7 Å². The number of rotatable bonds is 6. The predicted octanol–water partition coefficient (Wildman–Crippen LogP) is 2.29. The fraction of sp³-hybridized carbons (Fsp3) is 0.455. The van der Waals surface area contributed by atoms with Gasteiger partial charge in [-0.25, -0.2) is 4.39 Å². The van der Waals surface area contributed by atoms with Crippen molar-refractivity contribution < 1.29 is 4.39 Å². The monoisotopic (exact) mass is 274 g/mol. The summed E-state index contributed by atoms with van der Waals surface area (Å²) in [7, 11) is 0. The third-order valence-corrected chi connectivity index (χ3v) is 2.44. The van der Waals surface area contributed by atoms with E-state index in [0.29, 0.717) is 6.54 Å². The molecule has 0 atom stereocenters. The van der Waals surface area contributed by atoms with Crippen molar-refractivity contribution >= 4 is 15.9 Å². The van der Waals surface area contributed by atoms with Gasteiger partial charge in [0, 0.05) is 24.1 Å². The summed E-state index contributed by atoms with van der Waals surface area (Å²) in [6.45, 7) is 5.58. The van der Waals surface area contributed by atoms with Gasteiger partial charge in [0.05, 0.1) is 0 Å². The van der Waals surface area contributed by atoms with Gasteiger partial charge < -0.3 is 10.6 Å². The molecule has 0 fully saturated rings. The summed E-state index contributed by atoms with van der Waals surface area (Å²) in [5.41, 5.74) is 0.957. The van der Waals surface area contributed by atoms with Crippen LogP contribution in [0.1, 0.15) is 12.5 Å². The molecule has 1 aromatic carbocycles. The van der Waals surface area contributed by atoms with Crippen LogP contribution in [0.3, 0.4) is 0 Å². The first kappa shape index (κ1) is 12.6. The zero-order valence-electron chi connectivity index (χ0n) is 8.82. The van der Waals surface area contributed by atoms with E-state index in [1.54, 1.807) is 6.07 Å². The van der Waals surface area contributed by atoms with E-state index in [2.05, 4.69) is 33.5 Å². The van der Waals surface area contributed by atoms with Crippen molar-refractivity contribution in [1.82, 2.24) is 10.6 Å². The fourth-order valence-corrected chi connectivity index (χ4v) is 1.81. The van der Waals surface area contributed by atoms with E-state index in [4.69, 9.17) is 0 Å². The Hall–Kier alpha value is -0.450. The second-order valence-corrected chi connectivity index (χ2v) is 4.22. The molecule has 0 saturated heterocycles. The topological polar surface area (TPSA) is 24.1 Å². The maximum atomic E-state index is 13.0. The minimum atomic E-state index is -0.201. The molecule has 0 aliphatic carbocycles. The fourth-order valence-electron chi connectivity index (χ4n) is 1.30. The summed E-state index contributed by atoms with van der Waals surface area (Å²) in [4.78, 5) is 0. The molecule has 0 aliphatic heterocycles. The molecular formula is C11H16BrFN2. The lowest BCUT2D eigenvalue weighted by molar-refractivity contribution is 0.609. The Kier molecular flexibility index (Phi) is 5.83. The summed E-state index contributed by atoms with van der Waals surface area (Å²) in [5.74, 6) is -0.201. The van der Waals surface area contributed by atoms with Crippen molar-refractivity contribution in [3.63, 3.8) is 0 Å². The number of hydrogen-bond donors (Lipinski definition) is 2. The first-order valence-corrected chi connectivity index (χ1v) is 5.88. The van der Waals surface area contributed by atoms with E-state index in [9.17, 15) is 4.39 Å². The Bertz CT molecular complexity index is 284. The molecule has 0 heterocycles. The van der Waals surface area contributed by atoms with Crippen molar-refractivity contribution in [2.75, 3.05) is 19.6 Å². The lowest BCUT2D eigenvalue weighted by Gasteiger charge is -2.06. The number of likely N-dealkylation sites (N-methyl/N-ethyl adjacent to an activating group) is 1. The van der Waals surface area contributed by atoms with Crippen LogP contribution in [0.4, 0.5) is 4.39 Å². The quantitative estimate of drug-likeness (QED) is 0.778. The molecule has 0 aromatic heterocycles. The third kappa shape index (κ3) is 5.25. The maximum absolute atomic E-state index is 13.0. The Balaban J connectivity index is 2.31.